The third-order valence-electron chi connectivity index (χ3n) is 1.63. The third kappa shape index (κ3) is 14.4. The zero-order valence-corrected chi connectivity index (χ0v) is 15.2. The molecule has 0 bridgehead atoms. The van der Waals surface area contributed by atoms with Gasteiger partial charge in [0, 0.05) is 23.9 Å². The van der Waals surface area contributed by atoms with Crippen LogP contribution in [0.5, 0.6) is 5.75 Å². The van der Waals surface area contributed by atoms with Gasteiger partial charge in [-0.15, -0.1) is 0 Å². The van der Waals surface area contributed by atoms with Crippen LogP contribution in [0.3, 0.4) is 0 Å². The van der Waals surface area contributed by atoms with Gasteiger partial charge in [-0.25, -0.2) is 0 Å². The van der Waals surface area contributed by atoms with E-state index in [1.165, 1.54) is 6.92 Å². The van der Waals surface area contributed by atoms with E-state index in [1.54, 1.807) is 6.07 Å². The van der Waals surface area contributed by atoms with Crippen LogP contribution >= 0.6 is 11.6 Å². The summed E-state index contributed by atoms with van der Waals surface area (Å²) in [6, 6.07) is 5.49. The third-order valence-corrected chi connectivity index (χ3v) is 3.12. The van der Waals surface area contributed by atoms with Gasteiger partial charge in [-0.2, -0.15) is 0 Å². The molecule has 0 radical (unpaired) electrons. The van der Waals surface area contributed by atoms with E-state index < -0.39 is 19.5 Å². The Balaban J connectivity index is 0.000000486. The molecule has 0 fully saturated rings. The van der Waals surface area contributed by atoms with Crippen molar-refractivity contribution < 1.29 is 26.4 Å². The summed E-state index contributed by atoms with van der Waals surface area (Å²) in [4.78, 5) is 11.9. The van der Waals surface area contributed by atoms with Gasteiger partial charge in [0.1, 0.15) is 18.3 Å². The maximum atomic E-state index is 10.7. The van der Waals surface area contributed by atoms with Crippen LogP contribution in [0.15, 0.2) is 23.1 Å². The number of ether oxygens (including phenoxy) is 1. The fourth-order valence-corrected chi connectivity index (χ4v) is 1.95. The van der Waals surface area contributed by atoms with Crippen LogP contribution < -0.4 is 4.74 Å². The van der Waals surface area contributed by atoms with Gasteiger partial charge in [0.05, 0.1) is 5.02 Å². The van der Waals surface area contributed by atoms with Crippen molar-refractivity contribution in [2.24, 2.45) is 0 Å². The number of hydrogen-bond donors (Lipinski definition) is 0. The molecule has 0 saturated heterocycles. The van der Waals surface area contributed by atoms with Crippen LogP contribution in [0.1, 0.15) is 6.92 Å². The van der Waals surface area contributed by atoms with E-state index in [2.05, 4.69) is 12.5 Å². The molecule has 1 aromatic carbocycles. The standard InChI is InChI=1S/C10H12ClO2S.6FH.Sb/c1-7(12)13-10-5-4-8(14(2)3)6-9(10)11;;;;;;;/h4-6H,1-3H3;6*1H;/q+1;;;;;;;+5/p-6. The van der Waals surface area contributed by atoms with Crippen molar-refractivity contribution in [1.82, 2.24) is 0 Å². The van der Waals surface area contributed by atoms with E-state index in [4.69, 9.17) is 16.3 Å². The number of rotatable bonds is 2. The number of halogens is 7. The zero-order valence-electron chi connectivity index (χ0n) is 11.0. The molecule has 0 aliphatic heterocycles. The summed E-state index contributed by atoms with van der Waals surface area (Å²) >= 11 is -5.31. The van der Waals surface area contributed by atoms with E-state index in [0.29, 0.717) is 10.8 Å². The molecule has 21 heavy (non-hydrogen) atoms. The van der Waals surface area contributed by atoms with Crippen molar-refractivity contribution in [1.29, 1.82) is 0 Å². The topological polar surface area (TPSA) is 26.3 Å². The summed E-state index contributed by atoms with van der Waals surface area (Å²) in [7, 11) is 0.165. The Labute approximate surface area is 127 Å². The molecule has 0 unspecified atom stereocenters. The second-order valence-corrected chi connectivity index (χ2v) is 11.9. The van der Waals surface area contributed by atoms with Crippen LogP contribution in [0.25, 0.3) is 0 Å². The number of benzene rings is 1. The molecular formula is C10H12ClF6O2SSb. The normalized spacial score (nSPS) is 14.6. The SMILES string of the molecule is CC(=O)Oc1ccc([S+](C)C)cc1Cl.[F][Sb-]([F])([F])([F])([F])[F]. The van der Waals surface area contributed by atoms with Crippen LogP contribution in [0.4, 0.5) is 16.9 Å². The van der Waals surface area contributed by atoms with E-state index in [9.17, 15) is 21.7 Å². The van der Waals surface area contributed by atoms with Crippen LogP contribution in [-0.4, -0.2) is 38.0 Å². The molecule has 0 N–H and O–H groups in total. The fourth-order valence-electron chi connectivity index (χ4n) is 0.973. The van der Waals surface area contributed by atoms with Gasteiger partial charge in [-0.05, 0) is 12.1 Å². The molecule has 124 valence electrons. The molecule has 0 heterocycles. The van der Waals surface area contributed by atoms with Crippen molar-refractivity contribution in [3.8, 4) is 5.75 Å². The first-order valence-corrected chi connectivity index (χ1v) is 13.3. The predicted octanol–water partition coefficient (Wildman–Crippen LogP) is 4.64. The van der Waals surface area contributed by atoms with Gasteiger partial charge >= 0.3 is 42.3 Å². The summed E-state index contributed by atoms with van der Waals surface area (Å²) in [5.74, 6) is 0.0695. The Kier molecular flexibility index (Phi) is 6.00. The van der Waals surface area contributed by atoms with Gasteiger partial charge in [0.15, 0.2) is 4.90 Å². The molecule has 0 aliphatic carbocycles. The molecule has 2 nitrogen and oxygen atoms in total. The molecule has 11 heteroatoms. The summed E-state index contributed by atoms with van der Waals surface area (Å²) in [5.41, 5.74) is 0. The molecule has 1 rings (SSSR count). The Bertz CT molecular complexity index is 520. The Morgan fingerprint density at radius 1 is 1.14 bits per heavy atom. The van der Waals surface area contributed by atoms with Gasteiger partial charge in [0.25, 0.3) is 0 Å². The molecule has 0 aromatic heterocycles. The van der Waals surface area contributed by atoms with Gasteiger partial charge in [-0.3, -0.25) is 4.79 Å². The van der Waals surface area contributed by atoms with Gasteiger partial charge in [-0.1, -0.05) is 11.6 Å². The molecule has 0 saturated carbocycles. The molecule has 0 amide bonds. The molecule has 0 spiro atoms. The molecule has 0 atom stereocenters. The average molecular weight is 467 g/mol. The minimum absolute atomic E-state index is 0.165. The number of hydrogen-bond acceptors (Lipinski definition) is 2. The summed E-state index contributed by atoms with van der Waals surface area (Å²) in [6.45, 7) is 1.36. The first kappa shape index (κ1) is 20.7. The molecule has 1 aromatic rings. The Morgan fingerprint density at radius 3 is 1.86 bits per heavy atom. The summed E-state index contributed by atoms with van der Waals surface area (Å²) in [5, 5.41) is 0.485. The van der Waals surface area contributed by atoms with Crippen molar-refractivity contribution in [3.63, 3.8) is 0 Å². The second kappa shape index (κ2) is 6.08. The van der Waals surface area contributed by atoms with Gasteiger partial charge < -0.3 is 4.74 Å². The Morgan fingerprint density at radius 2 is 1.57 bits per heavy atom. The maximum absolute atomic E-state index is 11.2. The first-order chi connectivity index (χ1) is 8.95. The van der Waals surface area contributed by atoms with Crippen molar-refractivity contribution in [3.05, 3.63) is 23.2 Å². The zero-order chi connectivity index (χ0) is 17.1. The summed E-state index contributed by atoms with van der Waals surface area (Å²) in [6.07, 6.45) is 4.22. The van der Waals surface area contributed by atoms with Crippen molar-refractivity contribution >= 4 is 47.9 Å². The number of esters is 1. The van der Waals surface area contributed by atoms with Crippen molar-refractivity contribution in [2.75, 3.05) is 12.5 Å². The number of carbonyl (C=O) groups is 1. The molecular weight excluding hydrogens is 455 g/mol. The van der Waals surface area contributed by atoms with Gasteiger partial charge in [0.2, 0.25) is 0 Å². The second-order valence-electron chi connectivity index (χ2n) is 3.96. The Hall–Kier alpha value is -0.272. The number of carbonyl (C=O) groups excluding carboxylic acids is 1. The van der Waals surface area contributed by atoms with E-state index in [0.717, 1.165) is 4.90 Å². The first-order valence-electron chi connectivity index (χ1n) is 5.07. The van der Waals surface area contributed by atoms with Crippen LogP contribution in [0, 0.1) is 0 Å². The van der Waals surface area contributed by atoms with E-state index in [1.807, 2.05) is 12.1 Å². The fraction of sp³-hybridized carbons (Fsp3) is 0.300. The summed E-state index contributed by atoms with van der Waals surface area (Å²) < 4.78 is 64.5. The monoisotopic (exact) mass is 466 g/mol. The van der Waals surface area contributed by atoms with E-state index in [-0.39, 0.29) is 16.9 Å². The predicted molar refractivity (Wildman–Crippen MR) is 72.6 cm³/mol. The average Bonchev–Trinajstić information content (AvgIpc) is 2.15. The van der Waals surface area contributed by atoms with Crippen molar-refractivity contribution in [2.45, 2.75) is 11.8 Å². The van der Waals surface area contributed by atoms with E-state index >= 15 is 0 Å². The van der Waals surface area contributed by atoms with Crippen LogP contribution in [0.2, 0.25) is 5.02 Å². The minimum atomic E-state index is -11.2. The van der Waals surface area contributed by atoms with Crippen LogP contribution in [-0.2, 0) is 15.7 Å². The molecule has 0 aliphatic rings. The quantitative estimate of drug-likeness (QED) is 0.208.